The number of nitrogens with zero attached hydrogens (tertiary/aromatic N) is 2. The first-order valence-corrected chi connectivity index (χ1v) is 7.65. The van der Waals surface area contributed by atoms with Gasteiger partial charge < -0.3 is 0 Å². The van der Waals surface area contributed by atoms with Crippen LogP contribution in [0.2, 0.25) is 0 Å². The van der Waals surface area contributed by atoms with E-state index in [-0.39, 0.29) is 0 Å². The highest BCUT2D eigenvalue weighted by molar-refractivity contribution is 5.24. The number of halogens is 3. The Bertz CT molecular complexity index is 457. The fourth-order valence-electron chi connectivity index (χ4n) is 3.10. The summed E-state index contributed by atoms with van der Waals surface area (Å²) >= 11 is 0. The number of rotatable bonds is 3. The number of hydrogen-bond acceptors (Lipinski definition) is 2. The predicted octanol–water partition coefficient (Wildman–Crippen LogP) is 3.38. The summed E-state index contributed by atoms with van der Waals surface area (Å²) in [5.41, 5.74) is 0.390. The highest BCUT2D eigenvalue weighted by Crippen LogP contribution is 2.29. The van der Waals surface area contributed by atoms with E-state index in [1.165, 1.54) is 31.4 Å². The molecular formula is C16H21F3N2. The Morgan fingerprint density at radius 3 is 2.05 bits per heavy atom. The largest absolute Gasteiger partial charge is 0.416 e. The van der Waals surface area contributed by atoms with E-state index in [0.29, 0.717) is 0 Å². The maximum Gasteiger partial charge on any atom is 0.416 e. The lowest BCUT2D eigenvalue weighted by Gasteiger charge is -2.43. The summed E-state index contributed by atoms with van der Waals surface area (Å²) in [5, 5.41) is 0. The van der Waals surface area contributed by atoms with Gasteiger partial charge in [0.2, 0.25) is 0 Å². The third-order valence-corrected chi connectivity index (χ3v) is 4.69. The van der Waals surface area contributed by atoms with Gasteiger partial charge in [-0.3, -0.25) is 9.80 Å². The molecule has 0 spiro atoms. The van der Waals surface area contributed by atoms with Crippen LogP contribution >= 0.6 is 0 Å². The third kappa shape index (κ3) is 3.58. The maximum absolute atomic E-state index is 12.5. The Labute approximate surface area is 123 Å². The van der Waals surface area contributed by atoms with Crippen LogP contribution < -0.4 is 0 Å². The molecule has 2 aliphatic rings. The normalized spacial score (nSPS) is 22.2. The van der Waals surface area contributed by atoms with Crippen LogP contribution in [0.5, 0.6) is 0 Å². The minimum atomic E-state index is -4.24. The summed E-state index contributed by atoms with van der Waals surface area (Å²) in [7, 11) is 0. The van der Waals surface area contributed by atoms with Crippen molar-refractivity contribution in [1.82, 2.24) is 9.80 Å². The van der Waals surface area contributed by atoms with Crippen molar-refractivity contribution in [3.8, 4) is 0 Å². The smallest absolute Gasteiger partial charge is 0.298 e. The van der Waals surface area contributed by atoms with Gasteiger partial charge >= 0.3 is 6.18 Å². The van der Waals surface area contributed by atoms with E-state index >= 15 is 0 Å². The second-order valence-corrected chi connectivity index (χ2v) is 6.09. The molecule has 1 heterocycles. The molecule has 1 aromatic carbocycles. The molecule has 0 amide bonds. The Balaban J connectivity index is 1.51. The molecule has 3 rings (SSSR count). The quantitative estimate of drug-likeness (QED) is 0.844. The molecular weight excluding hydrogens is 277 g/mol. The monoisotopic (exact) mass is 298 g/mol. The van der Waals surface area contributed by atoms with Crippen LogP contribution in [0.15, 0.2) is 24.3 Å². The van der Waals surface area contributed by atoms with Crippen LogP contribution in [0, 0.1) is 0 Å². The summed E-state index contributed by atoms with van der Waals surface area (Å²) in [6.45, 7) is 4.95. The average Bonchev–Trinajstić information content (AvgIpc) is 2.39. The van der Waals surface area contributed by atoms with Crippen molar-refractivity contribution in [3.63, 3.8) is 0 Å². The zero-order chi connectivity index (χ0) is 14.9. The van der Waals surface area contributed by atoms with E-state index in [4.69, 9.17) is 0 Å². The van der Waals surface area contributed by atoms with Crippen LogP contribution in [0.25, 0.3) is 0 Å². The van der Waals surface area contributed by atoms with Gasteiger partial charge in [0.05, 0.1) is 5.56 Å². The van der Waals surface area contributed by atoms with Gasteiger partial charge in [-0.05, 0) is 30.5 Å². The second-order valence-electron chi connectivity index (χ2n) is 6.09. The summed E-state index contributed by atoms with van der Waals surface area (Å²) in [4.78, 5) is 4.89. The lowest BCUT2D eigenvalue weighted by atomic mass is 9.91. The minimum Gasteiger partial charge on any atom is -0.298 e. The molecule has 2 nitrogen and oxygen atoms in total. The van der Waals surface area contributed by atoms with E-state index in [2.05, 4.69) is 9.80 Å². The van der Waals surface area contributed by atoms with E-state index < -0.39 is 11.7 Å². The van der Waals surface area contributed by atoms with Crippen molar-refractivity contribution in [2.75, 3.05) is 26.2 Å². The molecule has 0 bridgehead atoms. The van der Waals surface area contributed by atoms with Gasteiger partial charge in [0.25, 0.3) is 0 Å². The first-order chi connectivity index (χ1) is 10.0. The summed E-state index contributed by atoms with van der Waals surface area (Å²) in [5.74, 6) is 0. The van der Waals surface area contributed by atoms with Crippen molar-refractivity contribution < 1.29 is 13.2 Å². The first-order valence-electron chi connectivity index (χ1n) is 7.65. The molecule has 0 N–H and O–H groups in total. The number of alkyl halides is 3. The fourth-order valence-corrected chi connectivity index (χ4v) is 3.10. The molecule has 0 unspecified atom stereocenters. The molecule has 21 heavy (non-hydrogen) atoms. The third-order valence-electron chi connectivity index (χ3n) is 4.69. The zero-order valence-electron chi connectivity index (χ0n) is 12.1. The van der Waals surface area contributed by atoms with Crippen molar-refractivity contribution in [1.29, 1.82) is 0 Å². The Kier molecular flexibility index (Phi) is 4.22. The average molecular weight is 298 g/mol. The standard InChI is InChI=1S/C16H21F3N2/c17-16(18,19)14-6-4-13(5-7-14)12-20-8-10-21(11-9-20)15-2-1-3-15/h4-7,15H,1-3,8-12H2. The van der Waals surface area contributed by atoms with Crippen LogP contribution in [0.1, 0.15) is 30.4 Å². The van der Waals surface area contributed by atoms with Gasteiger partial charge in [-0.1, -0.05) is 18.6 Å². The van der Waals surface area contributed by atoms with Crippen molar-refractivity contribution >= 4 is 0 Å². The Morgan fingerprint density at radius 2 is 1.57 bits per heavy atom. The topological polar surface area (TPSA) is 6.48 Å². The Morgan fingerprint density at radius 1 is 0.952 bits per heavy atom. The molecule has 0 atom stereocenters. The molecule has 0 aromatic heterocycles. The molecule has 1 saturated heterocycles. The molecule has 2 fully saturated rings. The van der Waals surface area contributed by atoms with E-state index in [9.17, 15) is 13.2 Å². The SMILES string of the molecule is FC(F)(F)c1ccc(CN2CCN(C3CCC3)CC2)cc1. The number of benzene rings is 1. The number of piperazine rings is 1. The summed E-state index contributed by atoms with van der Waals surface area (Å²) in [6.07, 6.45) is -0.221. The van der Waals surface area contributed by atoms with Gasteiger partial charge in [-0.15, -0.1) is 0 Å². The van der Waals surface area contributed by atoms with Crippen molar-refractivity contribution in [2.45, 2.75) is 38.0 Å². The number of hydrogen-bond donors (Lipinski definition) is 0. The van der Waals surface area contributed by atoms with E-state index in [1.807, 2.05) is 0 Å². The van der Waals surface area contributed by atoms with Gasteiger partial charge in [0.1, 0.15) is 0 Å². The first kappa shape index (κ1) is 14.9. The lowest BCUT2D eigenvalue weighted by molar-refractivity contribution is -0.137. The molecule has 1 saturated carbocycles. The van der Waals surface area contributed by atoms with Crippen LogP contribution in [-0.2, 0) is 12.7 Å². The molecule has 116 valence electrons. The van der Waals surface area contributed by atoms with Crippen molar-refractivity contribution in [2.24, 2.45) is 0 Å². The van der Waals surface area contributed by atoms with Crippen molar-refractivity contribution in [3.05, 3.63) is 35.4 Å². The highest BCUT2D eigenvalue weighted by atomic mass is 19.4. The van der Waals surface area contributed by atoms with E-state index in [1.54, 1.807) is 12.1 Å². The highest BCUT2D eigenvalue weighted by Gasteiger charge is 2.30. The van der Waals surface area contributed by atoms with Gasteiger partial charge in [-0.25, -0.2) is 0 Å². The van der Waals surface area contributed by atoms with Gasteiger partial charge in [0.15, 0.2) is 0 Å². The summed E-state index contributed by atoms with van der Waals surface area (Å²) < 4.78 is 37.6. The molecule has 5 heteroatoms. The zero-order valence-corrected chi connectivity index (χ0v) is 12.1. The van der Waals surface area contributed by atoms with Crippen LogP contribution in [0.4, 0.5) is 13.2 Å². The molecule has 1 aliphatic carbocycles. The van der Waals surface area contributed by atoms with Gasteiger partial charge in [-0.2, -0.15) is 13.2 Å². The fraction of sp³-hybridized carbons (Fsp3) is 0.625. The Hall–Kier alpha value is -1.07. The second kappa shape index (κ2) is 5.97. The maximum atomic E-state index is 12.5. The van der Waals surface area contributed by atoms with E-state index in [0.717, 1.165) is 44.3 Å². The summed E-state index contributed by atoms with van der Waals surface area (Å²) in [6, 6.07) is 6.35. The van der Waals surface area contributed by atoms with Crippen LogP contribution in [0.3, 0.4) is 0 Å². The minimum absolute atomic E-state index is 0.568. The predicted molar refractivity (Wildman–Crippen MR) is 75.9 cm³/mol. The molecule has 0 radical (unpaired) electrons. The molecule has 1 aliphatic heterocycles. The molecule has 1 aromatic rings. The lowest BCUT2D eigenvalue weighted by Crippen LogP contribution is -2.51. The van der Waals surface area contributed by atoms with Gasteiger partial charge in [0, 0.05) is 38.8 Å². The van der Waals surface area contributed by atoms with Crippen LogP contribution in [-0.4, -0.2) is 42.0 Å².